The van der Waals surface area contributed by atoms with Gasteiger partial charge in [0.1, 0.15) is 5.60 Å². The van der Waals surface area contributed by atoms with Crippen molar-refractivity contribution in [3.63, 3.8) is 0 Å². The van der Waals surface area contributed by atoms with E-state index in [4.69, 9.17) is 0 Å². The van der Waals surface area contributed by atoms with E-state index in [9.17, 15) is 9.90 Å². The molecule has 30 heavy (non-hydrogen) atoms. The molecule has 2 amide bonds. The molecule has 0 radical (unpaired) electrons. The first-order chi connectivity index (χ1) is 14.6. The minimum absolute atomic E-state index is 0.110. The minimum atomic E-state index is -1.27. The summed E-state index contributed by atoms with van der Waals surface area (Å²) in [6.45, 7) is 2.61. The second kappa shape index (κ2) is 8.72. The predicted molar refractivity (Wildman–Crippen MR) is 119 cm³/mol. The van der Waals surface area contributed by atoms with E-state index >= 15 is 0 Å². The second-order valence-electron chi connectivity index (χ2n) is 7.93. The molecule has 1 aliphatic heterocycles. The molecule has 1 heterocycles. The number of rotatable bonds is 5. The molecule has 0 aromatic heterocycles. The standard InChI is InChI=1S/C26H28N2O2/c1-20(21-12-5-2-6-13-21)27-25(29)28-19-11-18-24(28)26(30,22-14-7-3-8-15-22)23-16-9-4-10-17-23/h2-10,12-17,20,24,30H,11,18-19H2,1H3,(H,27,29)/t20-,24+/m1/s1. The van der Waals surface area contributed by atoms with Crippen molar-refractivity contribution in [3.05, 3.63) is 108 Å². The van der Waals surface area contributed by atoms with Crippen LogP contribution >= 0.6 is 0 Å². The average molecular weight is 401 g/mol. The number of nitrogens with one attached hydrogen (secondary N) is 1. The third kappa shape index (κ3) is 3.83. The van der Waals surface area contributed by atoms with Crippen molar-refractivity contribution >= 4 is 6.03 Å². The van der Waals surface area contributed by atoms with Gasteiger partial charge in [0.15, 0.2) is 0 Å². The van der Waals surface area contributed by atoms with Crippen LogP contribution in [0.5, 0.6) is 0 Å². The van der Waals surface area contributed by atoms with Gasteiger partial charge in [0.2, 0.25) is 0 Å². The van der Waals surface area contributed by atoms with Crippen LogP contribution in [0.1, 0.15) is 42.5 Å². The first-order valence-corrected chi connectivity index (χ1v) is 10.6. The highest BCUT2D eigenvalue weighted by atomic mass is 16.3. The van der Waals surface area contributed by atoms with Crippen LogP contribution in [0, 0.1) is 0 Å². The number of likely N-dealkylation sites (tertiary alicyclic amines) is 1. The van der Waals surface area contributed by atoms with Crippen LogP contribution in [0.3, 0.4) is 0 Å². The van der Waals surface area contributed by atoms with E-state index in [1.807, 2.05) is 97.9 Å². The van der Waals surface area contributed by atoms with Crippen molar-refractivity contribution in [1.29, 1.82) is 0 Å². The summed E-state index contributed by atoms with van der Waals surface area (Å²) in [7, 11) is 0. The molecule has 0 unspecified atom stereocenters. The molecule has 2 N–H and O–H groups in total. The normalized spacial score (nSPS) is 17.5. The van der Waals surface area contributed by atoms with Gasteiger partial charge in [-0.1, -0.05) is 91.0 Å². The van der Waals surface area contributed by atoms with E-state index < -0.39 is 5.60 Å². The largest absolute Gasteiger partial charge is 0.378 e. The van der Waals surface area contributed by atoms with Crippen LogP contribution in [0.15, 0.2) is 91.0 Å². The Labute approximate surface area is 178 Å². The fourth-order valence-corrected chi connectivity index (χ4v) is 4.47. The highest BCUT2D eigenvalue weighted by Crippen LogP contribution is 2.40. The van der Waals surface area contributed by atoms with E-state index in [1.54, 1.807) is 4.90 Å². The number of amides is 2. The van der Waals surface area contributed by atoms with Crippen LogP contribution in [-0.4, -0.2) is 28.6 Å². The molecule has 0 saturated carbocycles. The Hall–Kier alpha value is -3.11. The number of urea groups is 1. The number of hydrogen-bond acceptors (Lipinski definition) is 2. The molecule has 3 aromatic carbocycles. The van der Waals surface area contributed by atoms with Crippen molar-refractivity contribution in [2.75, 3.05) is 6.54 Å². The number of carbonyl (C=O) groups is 1. The molecule has 4 heteroatoms. The summed E-state index contributed by atoms with van der Waals surface area (Å²) in [6.07, 6.45) is 1.60. The Morgan fingerprint density at radius 2 is 1.43 bits per heavy atom. The molecule has 4 nitrogen and oxygen atoms in total. The molecule has 4 rings (SSSR count). The second-order valence-corrected chi connectivity index (χ2v) is 7.93. The van der Waals surface area contributed by atoms with Crippen LogP contribution in [0.4, 0.5) is 4.79 Å². The van der Waals surface area contributed by atoms with Gasteiger partial charge >= 0.3 is 6.03 Å². The fraction of sp³-hybridized carbons (Fsp3) is 0.269. The third-order valence-corrected chi connectivity index (χ3v) is 6.06. The molecule has 3 aromatic rings. The number of aliphatic hydroxyl groups is 1. The zero-order valence-corrected chi connectivity index (χ0v) is 17.2. The van der Waals surface area contributed by atoms with Gasteiger partial charge in [-0.3, -0.25) is 0 Å². The van der Waals surface area contributed by atoms with Gasteiger partial charge < -0.3 is 15.3 Å². The highest BCUT2D eigenvalue weighted by molar-refractivity contribution is 5.76. The SMILES string of the molecule is C[C@@H](NC(=O)N1CCC[C@H]1C(O)(c1ccccc1)c1ccccc1)c1ccccc1. The van der Waals surface area contributed by atoms with Gasteiger partial charge in [-0.05, 0) is 36.5 Å². The quantitative estimate of drug-likeness (QED) is 0.643. The Morgan fingerprint density at radius 3 is 1.97 bits per heavy atom. The minimum Gasteiger partial charge on any atom is -0.378 e. The van der Waals surface area contributed by atoms with Crippen molar-refractivity contribution in [1.82, 2.24) is 10.2 Å². The summed E-state index contributed by atoms with van der Waals surface area (Å²) >= 11 is 0. The van der Waals surface area contributed by atoms with Gasteiger partial charge in [-0.15, -0.1) is 0 Å². The number of carbonyl (C=O) groups excluding carboxylic acids is 1. The van der Waals surface area contributed by atoms with E-state index in [1.165, 1.54) is 0 Å². The van der Waals surface area contributed by atoms with Crippen LogP contribution in [-0.2, 0) is 5.60 Å². The zero-order valence-electron chi connectivity index (χ0n) is 17.2. The molecular weight excluding hydrogens is 372 g/mol. The summed E-state index contributed by atoms with van der Waals surface area (Å²) in [6, 6.07) is 28.7. The van der Waals surface area contributed by atoms with Gasteiger partial charge in [0.25, 0.3) is 0 Å². The molecule has 0 aliphatic carbocycles. The van der Waals surface area contributed by atoms with E-state index in [0.717, 1.165) is 29.5 Å². The maximum Gasteiger partial charge on any atom is 0.318 e. The molecule has 1 fully saturated rings. The third-order valence-electron chi connectivity index (χ3n) is 6.06. The van der Waals surface area contributed by atoms with E-state index in [0.29, 0.717) is 6.54 Å². The fourth-order valence-electron chi connectivity index (χ4n) is 4.47. The number of hydrogen-bond donors (Lipinski definition) is 2. The summed E-state index contributed by atoms with van der Waals surface area (Å²) in [4.78, 5) is 15.1. The summed E-state index contributed by atoms with van der Waals surface area (Å²) in [5.74, 6) is 0. The van der Waals surface area contributed by atoms with Crippen molar-refractivity contribution in [2.45, 2.75) is 37.5 Å². The molecule has 1 saturated heterocycles. The monoisotopic (exact) mass is 400 g/mol. The smallest absolute Gasteiger partial charge is 0.318 e. The summed E-state index contributed by atoms with van der Waals surface area (Å²) in [5.41, 5.74) is 1.39. The van der Waals surface area contributed by atoms with E-state index in [2.05, 4.69) is 5.32 Å². The average Bonchev–Trinajstić information content (AvgIpc) is 3.31. The van der Waals surface area contributed by atoms with Crippen LogP contribution in [0.25, 0.3) is 0 Å². The maximum atomic E-state index is 13.3. The van der Waals surface area contributed by atoms with Crippen LogP contribution in [0.2, 0.25) is 0 Å². The molecule has 2 atom stereocenters. The highest BCUT2D eigenvalue weighted by Gasteiger charge is 2.47. The molecule has 0 bridgehead atoms. The molecular formula is C26H28N2O2. The van der Waals surface area contributed by atoms with Crippen molar-refractivity contribution < 1.29 is 9.90 Å². The van der Waals surface area contributed by atoms with Gasteiger partial charge in [0, 0.05) is 6.54 Å². The number of benzene rings is 3. The van der Waals surface area contributed by atoms with Gasteiger partial charge in [-0.25, -0.2) is 4.79 Å². The topological polar surface area (TPSA) is 52.6 Å². The molecule has 0 spiro atoms. The maximum absolute atomic E-state index is 13.3. The molecule has 1 aliphatic rings. The first-order valence-electron chi connectivity index (χ1n) is 10.6. The Kier molecular flexibility index (Phi) is 5.86. The summed E-state index contributed by atoms with van der Waals surface area (Å²) < 4.78 is 0. The van der Waals surface area contributed by atoms with Gasteiger partial charge in [0.05, 0.1) is 12.1 Å². The van der Waals surface area contributed by atoms with Crippen LogP contribution < -0.4 is 5.32 Å². The lowest BCUT2D eigenvalue weighted by Gasteiger charge is -2.40. The summed E-state index contributed by atoms with van der Waals surface area (Å²) in [5, 5.41) is 15.2. The van der Waals surface area contributed by atoms with Crippen molar-refractivity contribution in [2.24, 2.45) is 0 Å². The predicted octanol–water partition coefficient (Wildman–Crippen LogP) is 4.86. The lowest BCUT2D eigenvalue weighted by atomic mass is 9.79. The lowest BCUT2D eigenvalue weighted by molar-refractivity contribution is 0.00834. The van der Waals surface area contributed by atoms with Crippen molar-refractivity contribution in [3.8, 4) is 0 Å². The lowest BCUT2D eigenvalue weighted by Crippen LogP contribution is -2.53. The first kappa shape index (κ1) is 20.2. The van der Waals surface area contributed by atoms with E-state index in [-0.39, 0.29) is 18.1 Å². The zero-order chi connectivity index (χ0) is 21.0. The Bertz CT molecular complexity index is 921. The Balaban J connectivity index is 1.65. The number of nitrogens with zero attached hydrogens (tertiary/aromatic N) is 1. The van der Waals surface area contributed by atoms with Gasteiger partial charge in [-0.2, -0.15) is 0 Å². The molecule has 154 valence electrons. The Morgan fingerprint density at radius 1 is 0.933 bits per heavy atom.